The Morgan fingerprint density at radius 1 is 1.11 bits per heavy atom. The highest BCUT2D eigenvalue weighted by Crippen LogP contribution is 2.34. The molecule has 7 nitrogen and oxygen atoms in total. The molecule has 1 aromatic heterocycles. The summed E-state index contributed by atoms with van der Waals surface area (Å²) in [5, 5.41) is 7.52. The van der Waals surface area contributed by atoms with Gasteiger partial charge in [0.25, 0.3) is 5.91 Å². The first kappa shape index (κ1) is 26.7. The molecule has 4 rings (SSSR count). The summed E-state index contributed by atoms with van der Waals surface area (Å²) in [5.74, 6) is -0.886. The van der Waals surface area contributed by atoms with Crippen LogP contribution < -0.4 is 5.32 Å². The molecule has 0 saturated carbocycles. The van der Waals surface area contributed by atoms with Crippen LogP contribution in [0.2, 0.25) is 5.02 Å². The number of nitrogens with one attached hydrogen (secondary N) is 1. The van der Waals surface area contributed by atoms with Gasteiger partial charge in [-0.1, -0.05) is 29.3 Å². The van der Waals surface area contributed by atoms with Crippen molar-refractivity contribution >= 4 is 29.3 Å². The summed E-state index contributed by atoms with van der Waals surface area (Å²) >= 11 is 6.15. The summed E-state index contributed by atoms with van der Waals surface area (Å²) in [4.78, 5) is 27.7. The lowest BCUT2D eigenvalue weighted by molar-refractivity contribution is 0.0203. The van der Waals surface area contributed by atoms with Crippen LogP contribution in [0.4, 0.5) is 14.9 Å². The van der Waals surface area contributed by atoms with Crippen molar-refractivity contribution in [3.8, 4) is 5.69 Å². The molecule has 2 amide bonds. The molecule has 2 aromatic carbocycles. The first-order chi connectivity index (χ1) is 17.4. The first-order valence-corrected chi connectivity index (χ1v) is 12.7. The number of amides is 2. The normalized spacial score (nSPS) is 14.5. The molecule has 0 unspecified atom stereocenters. The number of piperidine rings is 1. The van der Waals surface area contributed by atoms with Crippen molar-refractivity contribution in [3.05, 3.63) is 75.8 Å². The van der Waals surface area contributed by atoms with E-state index < -0.39 is 11.4 Å². The minimum atomic E-state index is -0.567. The fourth-order valence-electron chi connectivity index (χ4n) is 4.60. The zero-order chi connectivity index (χ0) is 26.9. The van der Waals surface area contributed by atoms with Gasteiger partial charge in [-0.05, 0) is 77.3 Å². The monoisotopic (exact) mass is 526 g/mol. The Morgan fingerprint density at radius 2 is 1.81 bits per heavy atom. The SMILES string of the molecule is Cc1ccc(-n2ncc(C(=O)Nc3ccc(F)cc3Cl)c2C2CCN(C(=O)OC(C)(C)C)CC2)c(C)c1. The molecule has 0 atom stereocenters. The van der Waals surface area contributed by atoms with Gasteiger partial charge in [-0.3, -0.25) is 4.79 Å². The molecule has 37 heavy (non-hydrogen) atoms. The molecular formula is C28H32ClFN4O3. The van der Waals surface area contributed by atoms with Crippen LogP contribution in [-0.4, -0.2) is 45.4 Å². The number of aromatic nitrogens is 2. The third kappa shape index (κ3) is 6.13. The second-order valence-electron chi connectivity index (χ2n) is 10.5. The van der Waals surface area contributed by atoms with Crippen LogP contribution in [0.25, 0.3) is 5.69 Å². The van der Waals surface area contributed by atoms with Gasteiger partial charge < -0.3 is 15.0 Å². The number of anilines is 1. The second-order valence-corrected chi connectivity index (χ2v) is 10.9. The molecular weight excluding hydrogens is 495 g/mol. The number of ether oxygens (including phenoxy) is 1. The molecule has 0 bridgehead atoms. The van der Waals surface area contributed by atoms with E-state index >= 15 is 0 Å². The summed E-state index contributed by atoms with van der Waals surface area (Å²) in [6.45, 7) is 10.6. The maximum Gasteiger partial charge on any atom is 0.410 e. The van der Waals surface area contributed by atoms with Gasteiger partial charge in [0.15, 0.2) is 0 Å². The van der Waals surface area contributed by atoms with Gasteiger partial charge in [0.2, 0.25) is 0 Å². The Labute approximate surface area is 221 Å². The number of aryl methyl sites for hydroxylation is 2. The number of rotatable bonds is 4. The number of benzene rings is 2. The van der Waals surface area contributed by atoms with E-state index in [0.717, 1.165) is 28.6 Å². The summed E-state index contributed by atoms with van der Waals surface area (Å²) in [7, 11) is 0. The van der Waals surface area contributed by atoms with Crippen LogP contribution in [0.15, 0.2) is 42.6 Å². The van der Waals surface area contributed by atoms with E-state index in [2.05, 4.69) is 16.5 Å². The van der Waals surface area contributed by atoms with Crippen molar-refractivity contribution in [2.75, 3.05) is 18.4 Å². The van der Waals surface area contributed by atoms with Crippen molar-refractivity contribution < 1.29 is 18.7 Å². The van der Waals surface area contributed by atoms with Gasteiger partial charge in [-0.15, -0.1) is 0 Å². The highest BCUT2D eigenvalue weighted by Gasteiger charge is 2.32. The Hall–Kier alpha value is -3.39. The van der Waals surface area contributed by atoms with E-state index in [-0.39, 0.29) is 22.9 Å². The number of carbonyl (C=O) groups is 2. The smallest absolute Gasteiger partial charge is 0.410 e. The molecule has 1 N–H and O–H groups in total. The van der Waals surface area contributed by atoms with E-state index in [0.29, 0.717) is 37.2 Å². The van der Waals surface area contributed by atoms with Crippen LogP contribution in [0.1, 0.15) is 66.7 Å². The van der Waals surface area contributed by atoms with Crippen molar-refractivity contribution in [1.82, 2.24) is 14.7 Å². The summed E-state index contributed by atoms with van der Waals surface area (Å²) in [6.07, 6.45) is 2.51. The lowest BCUT2D eigenvalue weighted by Gasteiger charge is -2.34. The zero-order valence-corrected chi connectivity index (χ0v) is 22.5. The topological polar surface area (TPSA) is 76.5 Å². The maximum absolute atomic E-state index is 13.5. The Morgan fingerprint density at radius 3 is 2.43 bits per heavy atom. The van der Waals surface area contributed by atoms with E-state index in [4.69, 9.17) is 16.3 Å². The summed E-state index contributed by atoms with van der Waals surface area (Å²) in [5.41, 5.74) is 3.98. The summed E-state index contributed by atoms with van der Waals surface area (Å²) in [6, 6.07) is 9.91. The highest BCUT2D eigenvalue weighted by molar-refractivity contribution is 6.33. The van der Waals surface area contributed by atoms with Crippen molar-refractivity contribution in [2.24, 2.45) is 0 Å². The lowest BCUT2D eigenvalue weighted by atomic mass is 9.90. The molecule has 2 heterocycles. The molecule has 0 spiro atoms. The molecule has 3 aromatic rings. The van der Waals surface area contributed by atoms with Crippen LogP contribution in [0.5, 0.6) is 0 Å². The van der Waals surface area contributed by atoms with E-state index in [1.165, 1.54) is 12.1 Å². The van der Waals surface area contributed by atoms with Gasteiger partial charge >= 0.3 is 6.09 Å². The number of nitrogens with zero attached hydrogens (tertiary/aromatic N) is 3. The minimum absolute atomic E-state index is 0.0219. The lowest BCUT2D eigenvalue weighted by Crippen LogP contribution is -2.41. The molecule has 1 fully saturated rings. The van der Waals surface area contributed by atoms with Gasteiger partial charge in [-0.2, -0.15) is 5.10 Å². The Kier molecular flexibility index (Phi) is 7.59. The quantitative estimate of drug-likeness (QED) is 0.413. The third-order valence-electron chi connectivity index (χ3n) is 6.34. The first-order valence-electron chi connectivity index (χ1n) is 12.3. The molecule has 1 aliphatic heterocycles. The molecule has 9 heteroatoms. The van der Waals surface area contributed by atoms with Crippen LogP contribution >= 0.6 is 11.6 Å². The van der Waals surface area contributed by atoms with E-state index in [1.54, 1.807) is 11.1 Å². The minimum Gasteiger partial charge on any atom is -0.444 e. The molecule has 0 radical (unpaired) electrons. The largest absolute Gasteiger partial charge is 0.444 e. The molecule has 1 saturated heterocycles. The van der Waals surface area contributed by atoms with Gasteiger partial charge in [-0.25, -0.2) is 13.9 Å². The number of halogens is 2. The molecule has 196 valence electrons. The Bertz CT molecular complexity index is 1320. The number of carbonyl (C=O) groups excluding carboxylic acids is 2. The predicted octanol–water partition coefficient (Wildman–Crippen LogP) is 6.65. The standard InChI is InChI=1S/C28H32ClFN4O3/c1-17-6-9-24(18(2)14-17)34-25(19-10-12-33(13-11-19)27(36)37-28(3,4)5)21(16-31-34)26(35)32-23-8-7-20(30)15-22(23)29/h6-9,14-16,19H,10-13H2,1-5H3,(H,32,35). The number of hydrogen-bond donors (Lipinski definition) is 1. The van der Waals surface area contributed by atoms with Crippen molar-refractivity contribution in [2.45, 2.75) is 59.0 Å². The fourth-order valence-corrected chi connectivity index (χ4v) is 4.82. The molecule has 0 aliphatic carbocycles. The van der Waals surface area contributed by atoms with Crippen LogP contribution in [0, 0.1) is 19.7 Å². The van der Waals surface area contributed by atoms with Gasteiger partial charge in [0.1, 0.15) is 11.4 Å². The van der Waals surface area contributed by atoms with Crippen LogP contribution in [-0.2, 0) is 4.74 Å². The average Bonchev–Trinajstić information content (AvgIpc) is 3.25. The Balaban J connectivity index is 1.66. The van der Waals surface area contributed by atoms with Crippen molar-refractivity contribution in [3.63, 3.8) is 0 Å². The second kappa shape index (κ2) is 10.5. The van der Waals surface area contributed by atoms with Gasteiger partial charge in [0, 0.05) is 19.0 Å². The number of likely N-dealkylation sites (tertiary alicyclic amines) is 1. The predicted molar refractivity (Wildman–Crippen MR) is 142 cm³/mol. The van der Waals surface area contributed by atoms with E-state index in [9.17, 15) is 14.0 Å². The van der Waals surface area contributed by atoms with Crippen molar-refractivity contribution in [1.29, 1.82) is 0 Å². The highest BCUT2D eigenvalue weighted by atomic mass is 35.5. The fraction of sp³-hybridized carbons (Fsp3) is 0.393. The number of hydrogen-bond acceptors (Lipinski definition) is 4. The molecule has 1 aliphatic rings. The summed E-state index contributed by atoms with van der Waals surface area (Å²) < 4.78 is 20.9. The average molecular weight is 527 g/mol. The van der Waals surface area contributed by atoms with E-state index in [1.807, 2.05) is 51.4 Å². The van der Waals surface area contributed by atoms with Gasteiger partial charge in [0.05, 0.1) is 33.9 Å². The maximum atomic E-state index is 13.5. The van der Waals surface area contributed by atoms with Crippen LogP contribution in [0.3, 0.4) is 0 Å². The third-order valence-corrected chi connectivity index (χ3v) is 6.66. The zero-order valence-electron chi connectivity index (χ0n) is 21.8.